The molecule has 1 fully saturated rings. The van der Waals surface area contributed by atoms with Crippen molar-refractivity contribution < 1.29 is 28.4 Å². The van der Waals surface area contributed by atoms with E-state index >= 15 is 0 Å². The first-order valence-electron chi connectivity index (χ1n) is 8.63. The van der Waals surface area contributed by atoms with Crippen LogP contribution in [0.3, 0.4) is 0 Å². The van der Waals surface area contributed by atoms with Crippen LogP contribution in [-0.2, 0) is 18.8 Å². The van der Waals surface area contributed by atoms with Gasteiger partial charge >= 0.3 is 13.1 Å². The summed E-state index contributed by atoms with van der Waals surface area (Å²) in [4.78, 5) is 23.1. The maximum absolute atomic E-state index is 11.8. The molecule has 0 bridgehead atoms. The molecule has 0 atom stereocenters. The zero-order valence-corrected chi connectivity index (χ0v) is 16.5. The Bertz CT molecular complexity index is 674. The third-order valence-electron chi connectivity index (χ3n) is 4.39. The highest BCUT2D eigenvalue weighted by atomic mass is 16.7. The lowest BCUT2D eigenvalue weighted by atomic mass is 9.78. The van der Waals surface area contributed by atoms with Gasteiger partial charge in [-0.3, -0.25) is 4.79 Å². The van der Waals surface area contributed by atoms with Crippen LogP contribution in [-0.4, -0.2) is 42.8 Å². The molecular formula is C19H27BO6. The molecule has 0 aromatic heterocycles. The Balaban J connectivity index is 2.17. The maximum Gasteiger partial charge on any atom is 0.494 e. The van der Waals surface area contributed by atoms with Crippen LogP contribution >= 0.6 is 0 Å². The van der Waals surface area contributed by atoms with Crippen molar-refractivity contribution in [3.05, 3.63) is 23.8 Å². The third kappa shape index (κ3) is 4.86. The maximum atomic E-state index is 11.8. The van der Waals surface area contributed by atoms with Crippen LogP contribution in [0.15, 0.2) is 18.2 Å². The Hall–Kier alpha value is -1.86. The minimum atomic E-state index is -0.622. The summed E-state index contributed by atoms with van der Waals surface area (Å²) >= 11 is 0. The summed E-state index contributed by atoms with van der Waals surface area (Å²) in [6.07, 6.45) is 0.717. The number of esters is 1. The van der Waals surface area contributed by atoms with Crippen molar-refractivity contribution in [2.24, 2.45) is 0 Å². The van der Waals surface area contributed by atoms with Gasteiger partial charge in [-0.15, -0.1) is 0 Å². The Morgan fingerprint density at radius 3 is 2.19 bits per heavy atom. The van der Waals surface area contributed by atoms with Gasteiger partial charge in [0.25, 0.3) is 0 Å². The van der Waals surface area contributed by atoms with Crippen molar-refractivity contribution in [2.75, 3.05) is 6.61 Å². The summed E-state index contributed by atoms with van der Waals surface area (Å²) in [5.41, 5.74) is -0.499. The number of hydrogen-bond acceptors (Lipinski definition) is 6. The average molecular weight is 362 g/mol. The van der Waals surface area contributed by atoms with Gasteiger partial charge in [0.1, 0.15) is 17.6 Å². The first-order chi connectivity index (χ1) is 11.8. The van der Waals surface area contributed by atoms with Crippen LogP contribution in [0, 0.1) is 0 Å². The number of aldehydes is 1. The lowest BCUT2D eigenvalue weighted by molar-refractivity contribution is -0.157. The van der Waals surface area contributed by atoms with Crippen molar-refractivity contribution in [1.82, 2.24) is 0 Å². The fourth-order valence-corrected chi connectivity index (χ4v) is 2.43. The fourth-order valence-electron chi connectivity index (χ4n) is 2.43. The molecule has 1 aliphatic heterocycles. The van der Waals surface area contributed by atoms with E-state index in [0.717, 1.165) is 6.29 Å². The number of rotatable bonds is 5. The standard InChI is InChI=1S/C19H27BO6/c1-17(2,3)24-16(22)12-23-15-9-13(11-21)8-14(10-15)20-25-18(4,5)19(6,7)26-20/h8-11H,12H2,1-7H3. The highest BCUT2D eigenvalue weighted by Gasteiger charge is 2.51. The lowest BCUT2D eigenvalue weighted by Crippen LogP contribution is -2.41. The average Bonchev–Trinajstić information content (AvgIpc) is 2.71. The quantitative estimate of drug-likeness (QED) is 0.455. The van der Waals surface area contributed by atoms with E-state index in [2.05, 4.69) is 0 Å². The Labute approximate surface area is 155 Å². The van der Waals surface area contributed by atoms with E-state index < -0.39 is 29.9 Å². The summed E-state index contributed by atoms with van der Waals surface area (Å²) in [5, 5.41) is 0. The van der Waals surface area contributed by atoms with Crippen molar-refractivity contribution in [2.45, 2.75) is 65.3 Å². The molecule has 1 saturated heterocycles. The first kappa shape index (κ1) is 20.5. The molecule has 1 aromatic carbocycles. The van der Waals surface area contributed by atoms with Gasteiger partial charge < -0.3 is 18.8 Å². The molecule has 1 aromatic rings. The van der Waals surface area contributed by atoms with Gasteiger partial charge in [-0.2, -0.15) is 0 Å². The summed E-state index contributed by atoms with van der Waals surface area (Å²) in [6.45, 7) is 12.9. The number of carbonyl (C=O) groups excluding carboxylic acids is 2. The largest absolute Gasteiger partial charge is 0.494 e. The number of ether oxygens (including phenoxy) is 2. The molecule has 26 heavy (non-hydrogen) atoms. The highest BCUT2D eigenvalue weighted by Crippen LogP contribution is 2.36. The first-order valence-corrected chi connectivity index (χ1v) is 8.63. The predicted octanol–water partition coefficient (Wildman–Crippen LogP) is 2.52. The summed E-state index contributed by atoms with van der Waals surface area (Å²) in [7, 11) is -0.622. The predicted molar refractivity (Wildman–Crippen MR) is 98.9 cm³/mol. The molecular weight excluding hydrogens is 335 g/mol. The van der Waals surface area contributed by atoms with Gasteiger partial charge in [-0.25, -0.2) is 4.79 Å². The van der Waals surface area contributed by atoms with Crippen molar-refractivity contribution >= 4 is 24.8 Å². The second-order valence-corrected chi connectivity index (χ2v) is 8.42. The number of benzene rings is 1. The summed E-state index contributed by atoms with van der Waals surface area (Å²) in [5.74, 6) is -0.101. The van der Waals surface area contributed by atoms with Crippen molar-refractivity contribution in [3.8, 4) is 5.75 Å². The van der Waals surface area contributed by atoms with Gasteiger partial charge in [0.2, 0.25) is 0 Å². The second-order valence-electron chi connectivity index (χ2n) is 8.42. The molecule has 1 aliphatic rings. The van der Waals surface area contributed by atoms with E-state index in [4.69, 9.17) is 18.8 Å². The lowest BCUT2D eigenvalue weighted by Gasteiger charge is -2.32. The molecule has 0 saturated carbocycles. The molecule has 1 heterocycles. The topological polar surface area (TPSA) is 71.1 Å². The van der Waals surface area contributed by atoms with Crippen LogP contribution in [0.5, 0.6) is 5.75 Å². The van der Waals surface area contributed by atoms with E-state index in [1.54, 1.807) is 39.0 Å². The van der Waals surface area contributed by atoms with E-state index in [9.17, 15) is 9.59 Å². The van der Waals surface area contributed by atoms with E-state index in [1.165, 1.54) is 0 Å². The van der Waals surface area contributed by atoms with Crippen LogP contribution in [0.4, 0.5) is 0 Å². The molecule has 6 nitrogen and oxygen atoms in total. The summed E-state index contributed by atoms with van der Waals surface area (Å²) < 4.78 is 22.8. The third-order valence-corrected chi connectivity index (χ3v) is 4.39. The number of hydrogen-bond donors (Lipinski definition) is 0. The molecule has 2 rings (SSSR count). The van der Waals surface area contributed by atoms with E-state index in [1.807, 2.05) is 27.7 Å². The molecule has 7 heteroatoms. The van der Waals surface area contributed by atoms with Crippen LogP contribution < -0.4 is 10.2 Å². The minimum Gasteiger partial charge on any atom is -0.482 e. The molecule has 0 unspecified atom stereocenters. The second kappa shape index (κ2) is 7.04. The van der Waals surface area contributed by atoms with Crippen molar-refractivity contribution in [3.63, 3.8) is 0 Å². The zero-order valence-electron chi connectivity index (χ0n) is 16.5. The van der Waals surface area contributed by atoms with Gasteiger partial charge in [0.05, 0.1) is 11.2 Å². The van der Waals surface area contributed by atoms with E-state index in [-0.39, 0.29) is 6.61 Å². The Morgan fingerprint density at radius 2 is 1.69 bits per heavy atom. The van der Waals surface area contributed by atoms with Crippen LogP contribution in [0.1, 0.15) is 58.8 Å². The van der Waals surface area contributed by atoms with Crippen LogP contribution in [0.25, 0.3) is 0 Å². The molecule has 0 N–H and O–H groups in total. The van der Waals surface area contributed by atoms with Gasteiger partial charge in [0, 0.05) is 5.56 Å². The molecule has 0 aliphatic carbocycles. The van der Waals surface area contributed by atoms with E-state index in [0.29, 0.717) is 16.8 Å². The van der Waals surface area contributed by atoms with Crippen molar-refractivity contribution in [1.29, 1.82) is 0 Å². The Kier molecular flexibility index (Phi) is 5.54. The molecule has 0 amide bonds. The Morgan fingerprint density at radius 1 is 1.12 bits per heavy atom. The molecule has 142 valence electrons. The van der Waals surface area contributed by atoms with Gasteiger partial charge in [-0.1, -0.05) is 6.07 Å². The van der Waals surface area contributed by atoms with Gasteiger partial charge in [0.15, 0.2) is 6.61 Å². The SMILES string of the molecule is CC(C)(C)OC(=O)COc1cc(C=O)cc(B2OC(C)(C)C(C)(C)O2)c1. The smallest absolute Gasteiger partial charge is 0.482 e. The summed E-state index contributed by atoms with van der Waals surface area (Å²) in [6, 6.07) is 4.96. The minimum absolute atomic E-state index is 0.248. The van der Waals surface area contributed by atoms with Gasteiger partial charge in [-0.05, 0) is 66.1 Å². The van der Waals surface area contributed by atoms with Crippen LogP contribution in [0.2, 0.25) is 0 Å². The molecule has 0 spiro atoms. The number of carbonyl (C=O) groups is 2. The fraction of sp³-hybridized carbons (Fsp3) is 0.579. The zero-order chi connectivity index (χ0) is 19.8. The monoisotopic (exact) mass is 362 g/mol. The normalized spacial score (nSPS) is 18.5. The highest BCUT2D eigenvalue weighted by molar-refractivity contribution is 6.62. The molecule has 0 radical (unpaired) electrons.